The third-order valence-electron chi connectivity index (χ3n) is 2.61. The van der Waals surface area contributed by atoms with Gasteiger partial charge >= 0.3 is 6.09 Å². The average molecular weight is 397 g/mol. The van der Waals surface area contributed by atoms with Gasteiger partial charge in [0.25, 0.3) is 5.91 Å². The fourth-order valence-electron chi connectivity index (χ4n) is 1.52. The lowest BCUT2D eigenvalue weighted by atomic mass is 10.2. The van der Waals surface area contributed by atoms with E-state index in [1.165, 1.54) is 25.1 Å². The van der Waals surface area contributed by atoms with E-state index in [0.29, 0.717) is 15.4 Å². The van der Waals surface area contributed by atoms with Crippen LogP contribution in [0.5, 0.6) is 0 Å². The van der Waals surface area contributed by atoms with E-state index in [1.54, 1.807) is 0 Å². The van der Waals surface area contributed by atoms with E-state index < -0.39 is 12.0 Å². The molecule has 0 aliphatic rings. The molecule has 0 unspecified atom stereocenters. The molecule has 0 aliphatic heterocycles. The normalized spacial score (nSPS) is 10.0. The van der Waals surface area contributed by atoms with Crippen LogP contribution in [0.2, 0.25) is 0 Å². The van der Waals surface area contributed by atoms with Crippen LogP contribution < -0.4 is 10.9 Å². The van der Waals surface area contributed by atoms with E-state index in [9.17, 15) is 9.59 Å². The largest absolute Gasteiger partial charge is 0.452 e. The van der Waals surface area contributed by atoms with E-state index in [2.05, 4.69) is 41.5 Å². The molecule has 1 heterocycles. The van der Waals surface area contributed by atoms with Crippen molar-refractivity contribution in [3.63, 3.8) is 0 Å². The van der Waals surface area contributed by atoms with Crippen molar-refractivity contribution in [3.8, 4) is 0 Å². The molecule has 1 aromatic carbocycles. The minimum absolute atomic E-state index is 0.118. The molecule has 2 N–H and O–H groups in total. The summed E-state index contributed by atoms with van der Waals surface area (Å²) in [6, 6.07) is 9.85. The number of nitrogens with zero attached hydrogens (tertiary/aromatic N) is 2. The van der Waals surface area contributed by atoms with Crippen LogP contribution in [0.4, 0.5) is 4.79 Å². The molecular weight excluding hydrogens is 384 g/mol. The van der Waals surface area contributed by atoms with Gasteiger partial charge in [-0.15, -0.1) is 0 Å². The molecule has 7 nitrogen and oxygen atoms in total. The zero-order chi connectivity index (χ0) is 16.7. The van der Waals surface area contributed by atoms with Gasteiger partial charge in [-0.25, -0.2) is 20.2 Å². The molecule has 2 rings (SSSR count). The van der Waals surface area contributed by atoms with Crippen molar-refractivity contribution in [2.24, 2.45) is 0 Å². The Kier molecular flexibility index (Phi) is 6.36. The van der Waals surface area contributed by atoms with Crippen molar-refractivity contribution in [2.45, 2.75) is 10.9 Å². The Labute approximate surface area is 145 Å². The van der Waals surface area contributed by atoms with Crippen molar-refractivity contribution in [1.29, 1.82) is 0 Å². The highest BCUT2D eigenvalue weighted by molar-refractivity contribution is 9.10. The second-order valence-corrected chi connectivity index (χ2v) is 5.99. The van der Waals surface area contributed by atoms with E-state index in [-0.39, 0.29) is 5.69 Å². The summed E-state index contributed by atoms with van der Waals surface area (Å²) in [7, 11) is 1.19. The Bertz CT molecular complexity index is 700. The minimum atomic E-state index is -0.776. The van der Waals surface area contributed by atoms with Crippen LogP contribution in [0, 0.1) is 0 Å². The number of ether oxygens (including phenoxy) is 1. The standard InChI is InChI=1S/C14H13BrN4O3S/c1-22-14(21)19-18-12(20)11-10(15)7-16-13(17-11)23-8-9-5-3-2-4-6-9/h2-7H,8H2,1H3,(H,18,20)(H,19,21). The zero-order valence-electron chi connectivity index (χ0n) is 12.1. The van der Waals surface area contributed by atoms with Gasteiger partial charge in [-0.1, -0.05) is 42.1 Å². The number of hydrogen-bond acceptors (Lipinski definition) is 6. The highest BCUT2D eigenvalue weighted by Gasteiger charge is 2.15. The molecule has 120 valence electrons. The summed E-state index contributed by atoms with van der Waals surface area (Å²) < 4.78 is 4.79. The van der Waals surface area contributed by atoms with Crippen LogP contribution in [0.15, 0.2) is 46.2 Å². The summed E-state index contributed by atoms with van der Waals surface area (Å²) in [5, 5.41) is 0.459. The maximum Gasteiger partial charge on any atom is 0.425 e. The summed E-state index contributed by atoms with van der Waals surface area (Å²) in [5.74, 6) is 0.107. The molecule has 0 bridgehead atoms. The second-order valence-electron chi connectivity index (χ2n) is 4.19. The van der Waals surface area contributed by atoms with Crippen LogP contribution in [0.3, 0.4) is 0 Å². The monoisotopic (exact) mass is 396 g/mol. The summed E-state index contributed by atoms with van der Waals surface area (Å²) >= 11 is 4.62. The average Bonchev–Trinajstić information content (AvgIpc) is 2.59. The molecule has 2 amide bonds. The molecule has 0 spiro atoms. The topological polar surface area (TPSA) is 93.2 Å². The quantitative estimate of drug-likeness (QED) is 0.468. The number of nitrogens with one attached hydrogen (secondary N) is 2. The van der Waals surface area contributed by atoms with Gasteiger partial charge in [-0.2, -0.15) is 0 Å². The fraction of sp³-hybridized carbons (Fsp3) is 0.143. The lowest BCUT2D eigenvalue weighted by Crippen LogP contribution is -2.42. The Morgan fingerprint density at radius 3 is 2.70 bits per heavy atom. The van der Waals surface area contributed by atoms with Crippen LogP contribution in [0.1, 0.15) is 16.1 Å². The van der Waals surface area contributed by atoms with Gasteiger partial charge in [0.2, 0.25) is 0 Å². The van der Waals surface area contributed by atoms with E-state index >= 15 is 0 Å². The molecule has 0 saturated carbocycles. The molecule has 0 radical (unpaired) electrons. The van der Waals surface area contributed by atoms with E-state index in [0.717, 1.165) is 5.56 Å². The van der Waals surface area contributed by atoms with Crippen molar-refractivity contribution in [2.75, 3.05) is 7.11 Å². The van der Waals surface area contributed by atoms with Crippen molar-refractivity contribution in [1.82, 2.24) is 20.8 Å². The van der Waals surface area contributed by atoms with Gasteiger partial charge in [0.15, 0.2) is 5.16 Å². The first-order valence-electron chi connectivity index (χ1n) is 6.43. The number of amides is 2. The highest BCUT2D eigenvalue weighted by Crippen LogP contribution is 2.22. The van der Waals surface area contributed by atoms with Crippen molar-refractivity contribution in [3.05, 3.63) is 52.3 Å². The summed E-state index contributed by atoms with van der Waals surface area (Å²) in [6.07, 6.45) is 0.718. The Morgan fingerprint density at radius 2 is 2.00 bits per heavy atom. The second kappa shape index (κ2) is 8.49. The molecule has 9 heteroatoms. The molecule has 0 atom stereocenters. The van der Waals surface area contributed by atoms with Gasteiger partial charge in [0.05, 0.1) is 11.6 Å². The first-order valence-corrected chi connectivity index (χ1v) is 8.21. The van der Waals surface area contributed by atoms with Crippen LogP contribution in [-0.2, 0) is 10.5 Å². The number of thioether (sulfide) groups is 1. The molecule has 0 aliphatic carbocycles. The number of hydrogen-bond donors (Lipinski definition) is 2. The third kappa shape index (κ3) is 5.22. The summed E-state index contributed by atoms with van der Waals surface area (Å²) in [5.41, 5.74) is 5.53. The Hall–Kier alpha value is -2.13. The molecule has 23 heavy (non-hydrogen) atoms. The maximum atomic E-state index is 12.0. The Morgan fingerprint density at radius 1 is 1.26 bits per heavy atom. The number of methoxy groups -OCH3 is 1. The number of aromatic nitrogens is 2. The van der Waals surface area contributed by atoms with Gasteiger partial charge < -0.3 is 4.74 Å². The van der Waals surface area contributed by atoms with E-state index in [1.807, 2.05) is 30.3 Å². The number of halogens is 1. The summed E-state index contributed by atoms with van der Waals surface area (Å²) in [4.78, 5) is 31.3. The van der Waals surface area contributed by atoms with Crippen molar-refractivity contribution < 1.29 is 14.3 Å². The number of benzene rings is 1. The van der Waals surface area contributed by atoms with E-state index in [4.69, 9.17) is 0 Å². The fourth-order valence-corrected chi connectivity index (χ4v) is 2.66. The molecule has 1 aromatic heterocycles. The third-order valence-corrected chi connectivity index (χ3v) is 4.12. The number of carbonyl (C=O) groups excluding carboxylic acids is 2. The number of hydrazine groups is 1. The SMILES string of the molecule is COC(=O)NNC(=O)c1nc(SCc2ccccc2)ncc1Br. The predicted molar refractivity (Wildman–Crippen MR) is 88.7 cm³/mol. The van der Waals surface area contributed by atoms with Gasteiger partial charge in [-0.05, 0) is 21.5 Å². The Balaban J connectivity index is 2.03. The minimum Gasteiger partial charge on any atom is -0.452 e. The van der Waals surface area contributed by atoms with Crippen LogP contribution in [-0.4, -0.2) is 29.1 Å². The van der Waals surface area contributed by atoms with Crippen LogP contribution >= 0.6 is 27.7 Å². The highest BCUT2D eigenvalue weighted by atomic mass is 79.9. The van der Waals surface area contributed by atoms with Crippen molar-refractivity contribution >= 4 is 39.7 Å². The zero-order valence-corrected chi connectivity index (χ0v) is 14.5. The molecule has 2 aromatic rings. The lowest BCUT2D eigenvalue weighted by Gasteiger charge is -2.08. The molecular formula is C14H13BrN4O3S. The predicted octanol–water partition coefficient (Wildman–Crippen LogP) is 2.53. The molecule has 0 fully saturated rings. The van der Waals surface area contributed by atoms with Gasteiger partial charge in [0.1, 0.15) is 5.69 Å². The first-order chi connectivity index (χ1) is 11.1. The first kappa shape index (κ1) is 17.2. The van der Waals surface area contributed by atoms with Gasteiger partial charge in [-0.3, -0.25) is 10.2 Å². The molecule has 0 saturated heterocycles. The number of carbonyl (C=O) groups is 2. The van der Waals surface area contributed by atoms with Gasteiger partial charge in [0, 0.05) is 11.9 Å². The van der Waals surface area contributed by atoms with Crippen LogP contribution in [0.25, 0.3) is 0 Å². The maximum absolute atomic E-state index is 12.0. The summed E-state index contributed by atoms with van der Waals surface area (Å²) in [6.45, 7) is 0. The number of rotatable bonds is 4. The lowest BCUT2D eigenvalue weighted by molar-refractivity contribution is 0.0914. The smallest absolute Gasteiger partial charge is 0.425 e.